The minimum absolute atomic E-state index is 0.185. The van der Waals surface area contributed by atoms with Gasteiger partial charge >= 0.3 is 0 Å². The normalized spacial score (nSPS) is 15.4. The zero-order chi connectivity index (χ0) is 25.0. The molecule has 10 heteroatoms. The lowest BCUT2D eigenvalue weighted by Crippen LogP contribution is -2.36. The molecule has 1 aliphatic heterocycles. The zero-order valence-electron chi connectivity index (χ0n) is 20.4. The quantitative estimate of drug-likeness (QED) is 0.389. The van der Waals surface area contributed by atoms with E-state index in [0.29, 0.717) is 36.9 Å². The number of carbonyl (C=O) groups excluding carboxylic acids is 1. The van der Waals surface area contributed by atoms with Crippen molar-refractivity contribution in [3.63, 3.8) is 0 Å². The number of hydrogen-bond acceptors (Lipinski definition) is 7. The second-order valence-corrected chi connectivity index (χ2v) is 12.7. The van der Waals surface area contributed by atoms with Crippen molar-refractivity contribution in [2.75, 3.05) is 51.4 Å². The number of amides is 1. The van der Waals surface area contributed by atoms with Crippen LogP contribution in [0.1, 0.15) is 36.0 Å². The Morgan fingerprint density at radius 1 is 1.03 bits per heavy atom. The number of aromatic nitrogens is 1. The van der Waals surface area contributed by atoms with Gasteiger partial charge in [0.25, 0.3) is 5.91 Å². The molecule has 0 atom stereocenters. The molecule has 1 saturated heterocycles. The van der Waals surface area contributed by atoms with E-state index >= 15 is 0 Å². The predicted octanol–water partition coefficient (Wildman–Crippen LogP) is 4.79. The number of benzene rings is 2. The summed E-state index contributed by atoms with van der Waals surface area (Å²) < 4.78 is 28.9. The second-order valence-electron chi connectivity index (χ2n) is 8.91. The third kappa shape index (κ3) is 5.89. The monoisotopic (exact) mass is 532 g/mol. The van der Waals surface area contributed by atoms with Crippen molar-refractivity contribution in [1.29, 1.82) is 0 Å². The van der Waals surface area contributed by atoms with E-state index in [-0.39, 0.29) is 10.8 Å². The maximum Gasteiger partial charge on any atom is 0.260 e. The summed E-state index contributed by atoms with van der Waals surface area (Å²) in [6, 6.07) is 12.4. The number of hydrogen-bond donors (Lipinski definition) is 0. The topological polar surface area (TPSA) is 73.8 Å². The van der Waals surface area contributed by atoms with Gasteiger partial charge in [0, 0.05) is 36.6 Å². The van der Waals surface area contributed by atoms with Crippen molar-refractivity contribution >= 4 is 54.4 Å². The minimum Gasteiger partial charge on any atom is -0.308 e. The zero-order valence-corrected chi connectivity index (χ0v) is 22.9. The second kappa shape index (κ2) is 11.4. The fraction of sp³-hybridized carbons (Fsp3) is 0.440. The Bertz CT molecular complexity index is 1260. The highest BCUT2D eigenvalue weighted by molar-refractivity contribution is 7.98. The van der Waals surface area contributed by atoms with Crippen LogP contribution in [0.3, 0.4) is 0 Å². The summed E-state index contributed by atoms with van der Waals surface area (Å²) in [5.74, 6) is -0.185. The molecule has 3 aromatic rings. The molecule has 0 unspecified atom stereocenters. The third-order valence-corrected chi connectivity index (χ3v) is 9.87. The number of thiazole rings is 1. The van der Waals surface area contributed by atoms with Crippen LogP contribution >= 0.6 is 23.1 Å². The van der Waals surface area contributed by atoms with Crippen molar-refractivity contribution in [3.05, 3.63) is 48.0 Å². The van der Waals surface area contributed by atoms with Gasteiger partial charge in [0.05, 0.1) is 15.1 Å². The molecule has 4 rings (SSSR count). The number of nitrogens with zero attached hydrogens (tertiary/aromatic N) is 4. The van der Waals surface area contributed by atoms with Crippen LogP contribution in [0.25, 0.3) is 10.2 Å². The molecule has 0 radical (unpaired) electrons. The molecule has 1 aromatic heterocycles. The SMILES string of the molecule is CSc1cccc2sc(N(CCN(C)C)C(=O)c3ccc(S(=O)(=O)N4CCCCCC4)cc3)nc12. The number of anilines is 1. The Kier molecular flexibility index (Phi) is 8.49. The molecule has 2 aromatic carbocycles. The van der Waals surface area contributed by atoms with E-state index in [1.165, 1.54) is 11.3 Å². The van der Waals surface area contributed by atoms with Crippen LogP contribution < -0.4 is 4.90 Å². The lowest BCUT2D eigenvalue weighted by Gasteiger charge is -2.22. The van der Waals surface area contributed by atoms with Crippen molar-refractivity contribution in [2.24, 2.45) is 0 Å². The van der Waals surface area contributed by atoms with Gasteiger partial charge in [-0.1, -0.05) is 30.2 Å². The standard InChI is InChI=1S/C25H32N4O3S3/c1-27(2)17-18-29(25-26-23-21(33-3)9-8-10-22(23)34-25)24(30)19-11-13-20(14-12-19)35(31,32)28-15-6-4-5-7-16-28/h8-14H,4-7,15-18H2,1-3H3. The summed E-state index contributed by atoms with van der Waals surface area (Å²) in [5.41, 5.74) is 1.35. The largest absolute Gasteiger partial charge is 0.308 e. The van der Waals surface area contributed by atoms with E-state index in [1.54, 1.807) is 45.2 Å². The summed E-state index contributed by atoms with van der Waals surface area (Å²) in [6.45, 7) is 2.26. The summed E-state index contributed by atoms with van der Waals surface area (Å²) in [6.07, 6.45) is 5.91. The van der Waals surface area contributed by atoms with Gasteiger partial charge < -0.3 is 4.90 Å². The van der Waals surface area contributed by atoms with Gasteiger partial charge in [-0.2, -0.15) is 4.31 Å². The Labute approximate surface area is 216 Å². The summed E-state index contributed by atoms with van der Waals surface area (Å²) >= 11 is 3.13. The first-order valence-corrected chi connectivity index (χ1v) is 15.3. The lowest BCUT2D eigenvalue weighted by molar-refractivity contribution is 0.0985. The first-order chi connectivity index (χ1) is 16.8. The van der Waals surface area contributed by atoms with Crippen LogP contribution in [0.5, 0.6) is 0 Å². The number of sulfonamides is 1. The number of fused-ring (bicyclic) bond motifs is 1. The van der Waals surface area contributed by atoms with Crippen LogP contribution in [0.15, 0.2) is 52.3 Å². The summed E-state index contributed by atoms with van der Waals surface area (Å²) in [7, 11) is 0.378. The van der Waals surface area contributed by atoms with Crippen LogP contribution in [0.4, 0.5) is 5.13 Å². The Morgan fingerprint density at radius 3 is 2.34 bits per heavy atom. The van der Waals surface area contributed by atoms with Crippen molar-refractivity contribution in [2.45, 2.75) is 35.5 Å². The molecule has 0 N–H and O–H groups in total. The maximum absolute atomic E-state index is 13.6. The molecule has 2 heterocycles. The molecule has 0 bridgehead atoms. The lowest BCUT2D eigenvalue weighted by atomic mass is 10.2. The molecule has 0 aliphatic carbocycles. The van der Waals surface area contributed by atoms with Crippen LogP contribution in [0.2, 0.25) is 0 Å². The molecule has 1 fully saturated rings. The Balaban J connectivity index is 1.62. The maximum atomic E-state index is 13.6. The van der Waals surface area contributed by atoms with Gasteiger partial charge in [-0.15, -0.1) is 11.8 Å². The predicted molar refractivity (Wildman–Crippen MR) is 145 cm³/mol. The van der Waals surface area contributed by atoms with E-state index < -0.39 is 10.0 Å². The van der Waals surface area contributed by atoms with Gasteiger partial charge in [-0.25, -0.2) is 13.4 Å². The third-order valence-electron chi connectivity index (χ3n) is 6.14. The Hall–Kier alpha value is -1.98. The highest BCUT2D eigenvalue weighted by Crippen LogP contribution is 2.34. The average molecular weight is 533 g/mol. The van der Waals surface area contributed by atoms with Gasteiger partial charge in [-0.05, 0) is 69.6 Å². The summed E-state index contributed by atoms with van der Waals surface area (Å²) in [5, 5.41) is 0.648. The smallest absolute Gasteiger partial charge is 0.260 e. The molecule has 1 aliphatic rings. The van der Waals surface area contributed by atoms with E-state index in [1.807, 2.05) is 43.5 Å². The van der Waals surface area contributed by atoms with E-state index in [4.69, 9.17) is 4.98 Å². The molecule has 35 heavy (non-hydrogen) atoms. The first-order valence-electron chi connectivity index (χ1n) is 11.8. The van der Waals surface area contributed by atoms with Crippen LogP contribution in [0, 0.1) is 0 Å². The molecule has 1 amide bonds. The molecular formula is C25H32N4O3S3. The molecule has 188 valence electrons. The molecule has 0 spiro atoms. The van der Waals surface area contributed by atoms with E-state index in [2.05, 4.69) is 0 Å². The number of carbonyl (C=O) groups is 1. The van der Waals surface area contributed by atoms with E-state index in [9.17, 15) is 13.2 Å². The van der Waals surface area contributed by atoms with Gasteiger partial charge in [-0.3, -0.25) is 9.69 Å². The van der Waals surface area contributed by atoms with Gasteiger partial charge in [0.15, 0.2) is 5.13 Å². The summed E-state index contributed by atoms with van der Waals surface area (Å²) in [4.78, 5) is 23.5. The highest BCUT2D eigenvalue weighted by atomic mass is 32.2. The minimum atomic E-state index is -3.56. The van der Waals surface area contributed by atoms with Crippen LogP contribution in [-0.4, -0.2) is 75.0 Å². The number of thioether (sulfide) groups is 1. The number of para-hydroxylation sites is 1. The molecule has 0 saturated carbocycles. The van der Waals surface area contributed by atoms with Gasteiger partial charge in [0.2, 0.25) is 10.0 Å². The Morgan fingerprint density at radius 2 is 1.71 bits per heavy atom. The van der Waals surface area contributed by atoms with E-state index in [0.717, 1.165) is 40.8 Å². The molecule has 7 nitrogen and oxygen atoms in total. The number of rotatable bonds is 8. The fourth-order valence-electron chi connectivity index (χ4n) is 4.13. The van der Waals surface area contributed by atoms with Gasteiger partial charge in [0.1, 0.15) is 0 Å². The number of likely N-dealkylation sites (N-methyl/N-ethyl adjacent to an activating group) is 1. The average Bonchev–Trinajstić information content (AvgIpc) is 3.08. The van der Waals surface area contributed by atoms with Crippen molar-refractivity contribution in [1.82, 2.24) is 14.2 Å². The fourth-order valence-corrected chi connectivity index (χ4v) is 7.29. The van der Waals surface area contributed by atoms with Crippen molar-refractivity contribution in [3.8, 4) is 0 Å². The van der Waals surface area contributed by atoms with Crippen molar-refractivity contribution < 1.29 is 13.2 Å². The van der Waals surface area contributed by atoms with Crippen LogP contribution in [-0.2, 0) is 10.0 Å². The highest BCUT2D eigenvalue weighted by Gasteiger charge is 2.27. The first kappa shape index (κ1) is 26.1. The molecular weight excluding hydrogens is 501 g/mol.